The largest absolute Gasteiger partial charge is 1.00 e. The van der Waals surface area contributed by atoms with Crippen molar-refractivity contribution in [2.75, 3.05) is 0 Å². The van der Waals surface area contributed by atoms with Gasteiger partial charge in [-0.3, -0.25) is 0 Å². The zero-order valence-corrected chi connectivity index (χ0v) is 12.2. The van der Waals surface area contributed by atoms with Crippen LogP contribution in [-0.4, -0.2) is 0 Å². The van der Waals surface area contributed by atoms with E-state index in [4.69, 9.17) is 0 Å². The van der Waals surface area contributed by atoms with Crippen LogP contribution in [-0.2, 0) is 23.3 Å². The maximum atomic E-state index is 2.26. The summed E-state index contributed by atoms with van der Waals surface area (Å²) in [5.41, 5.74) is 3.07. The van der Waals surface area contributed by atoms with E-state index in [0.717, 1.165) is 0 Å². The molecule has 0 nitrogen and oxygen atoms in total. The average Bonchev–Trinajstić information content (AvgIpc) is 2.04. The Bertz CT molecular complexity index is 233. The van der Waals surface area contributed by atoms with Crippen molar-refractivity contribution < 1.29 is 35.3 Å². The smallest absolute Gasteiger partial charge is 1.00 e. The van der Waals surface area contributed by atoms with Gasteiger partial charge < -0.3 is 17.0 Å². The van der Waals surface area contributed by atoms with Gasteiger partial charge in [0.25, 0.3) is 0 Å². The van der Waals surface area contributed by atoms with Crippen LogP contribution < -0.4 is 17.0 Å². The number of rotatable bonds is 2. The van der Waals surface area contributed by atoms with Crippen molar-refractivity contribution in [1.82, 2.24) is 0 Å². The molecule has 0 fully saturated rings. The van der Waals surface area contributed by atoms with Crippen LogP contribution in [0.5, 0.6) is 0 Å². The standard InChI is InChI=1S/C10H13.BrH.Zn/c1-8(2)10-7-5-4-6-9(10)3;;/h4-8H,3H2,1-2H3;1H;/q;;+1/p-1. The van der Waals surface area contributed by atoms with Crippen LogP contribution in [0.3, 0.4) is 0 Å². The molecular weight excluding hydrogens is 265 g/mol. The first-order valence-corrected chi connectivity index (χ1v) is 6.22. The Morgan fingerprint density at radius 2 is 1.83 bits per heavy atom. The van der Waals surface area contributed by atoms with Gasteiger partial charge in [-0.2, -0.15) is 0 Å². The second-order valence-electron chi connectivity index (χ2n) is 3.10. The molecule has 1 aromatic rings. The number of hydrogen-bond donors (Lipinski definition) is 0. The van der Waals surface area contributed by atoms with E-state index >= 15 is 0 Å². The van der Waals surface area contributed by atoms with Gasteiger partial charge in [0.15, 0.2) is 0 Å². The molecule has 0 bridgehead atoms. The van der Waals surface area contributed by atoms with E-state index in [-0.39, 0.29) is 17.0 Å². The van der Waals surface area contributed by atoms with E-state index in [1.54, 1.807) is 5.56 Å². The minimum absolute atomic E-state index is 0. The van der Waals surface area contributed by atoms with Crippen molar-refractivity contribution in [3.8, 4) is 0 Å². The SMILES string of the molecule is CC(C)c1ccccc1[CH2][Zn+].[Br-]. The maximum Gasteiger partial charge on any atom is -1.00 e. The summed E-state index contributed by atoms with van der Waals surface area (Å²) in [6.45, 7) is 4.52. The molecule has 0 amide bonds. The molecule has 0 aliphatic carbocycles. The van der Waals surface area contributed by atoms with Crippen LogP contribution in [0, 0.1) is 0 Å². The van der Waals surface area contributed by atoms with Gasteiger partial charge >= 0.3 is 78.5 Å². The van der Waals surface area contributed by atoms with Crippen molar-refractivity contribution in [2.45, 2.75) is 24.8 Å². The van der Waals surface area contributed by atoms with Crippen LogP contribution in [0.15, 0.2) is 24.3 Å². The van der Waals surface area contributed by atoms with Crippen molar-refractivity contribution in [3.05, 3.63) is 35.4 Å². The fourth-order valence-corrected chi connectivity index (χ4v) is 2.28. The van der Waals surface area contributed by atoms with Crippen molar-refractivity contribution >= 4 is 0 Å². The quantitative estimate of drug-likeness (QED) is 0.661. The van der Waals surface area contributed by atoms with Gasteiger partial charge in [-0.15, -0.1) is 0 Å². The number of benzene rings is 1. The third-order valence-electron chi connectivity index (χ3n) is 1.95. The van der Waals surface area contributed by atoms with E-state index in [1.165, 1.54) is 28.9 Å². The summed E-state index contributed by atoms with van der Waals surface area (Å²) in [5.74, 6) is 0.678. The second kappa shape index (κ2) is 5.88. The Morgan fingerprint density at radius 3 is 2.25 bits per heavy atom. The Balaban J connectivity index is 0.00000121. The van der Waals surface area contributed by atoms with E-state index in [0.29, 0.717) is 5.92 Å². The Kier molecular flexibility index (Phi) is 6.04. The Morgan fingerprint density at radius 1 is 1.25 bits per heavy atom. The first kappa shape index (κ1) is 12.3. The van der Waals surface area contributed by atoms with Crippen LogP contribution in [0.2, 0.25) is 0 Å². The van der Waals surface area contributed by atoms with Crippen LogP contribution in [0.4, 0.5) is 0 Å². The molecule has 0 radical (unpaired) electrons. The van der Waals surface area contributed by atoms with Crippen LogP contribution >= 0.6 is 0 Å². The van der Waals surface area contributed by atoms with Crippen molar-refractivity contribution in [2.24, 2.45) is 0 Å². The summed E-state index contributed by atoms with van der Waals surface area (Å²) in [6, 6.07) is 8.76. The fourth-order valence-electron chi connectivity index (χ4n) is 1.33. The molecule has 0 aliphatic heterocycles. The van der Waals surface area contributed by atoms with Crippen LogP contribution in [0.1, 0.15) is 30.9 Å². The topological polar surface area (TPSA) is 0 Å². The molecule has 0 unspecified atom stereocenters. The predicted octanol–water partition coefficient (Wildman–Crippen LogP) is -0.139. The van der Waals surface area contributed by atoms with E-state index < -0.39 is 0 Å². The third-order valence-corrected chi connectivity index (χ3v) is 3.08. The van der Waals surface area contributed by atoms with E-state index in [2.05, 4.69) is 38.1 Å². The van der Waals surface area contributed by atoms with Gasteiger partial charge in [-0.05, 0) is 0 Å². The molecule has 0 saturated carbocycles. The van der Waals surface area contributed by atoms with Gasteiger partial charge in [-0.25, -0.2) is 0 Å². The molecule has 12 heavy (non-hydrogen) atoms. The molecule has 0 spiro atoms. The van der Waals surface area contributed by atoms with Gasteiger partial charge in [0, 0.05) is 0 Å². The first-order valence-electron chi connectivity index (χ1n) is 4.12. The minimum atomic E-state index is 0. The Hall–Kier alpha value is 0.323. The van der Waals surface area contributed by atoms with Gasteiger partial charge in [0.05, 0.1) is 0 Å². The molecule has 0 heterocycles. The summed E-state index contributed by atoms with van der Waals surface area (Å²) in [4.78, 5) is 0. The molecule has 1 rings (SSSR count). The summed E-state index contributed by atoms with van der Waals surface area (Å²) < 4.78 is 0. The van der Waals surface area contributed by atoms with Crippen LogP contribution in [0.25, 0.3) is 0 Å². The monoisotopic (exact) mass is 276 g/mol. The molecule has 2 heteroatoms. The molecule has 0 aliphatic rings. The zero-order valence-electron chi connectivity index (χ0n) is 7.68. The summed E-state index contributed by atoms with van der Waals surface area (Å²) in [6.07, 6.45) is 0. The van der Waals surface area contributed by atoms with E-state index in [9.17, 15) is 0 Å². The Labute approximate surface area is 95.2 Å². The number of hydrogen-bond acceptors (Lipinski definition) is 0. The minimum Gasteiger partial charge on any atom is -1.00 e. The summed E-state index contributed by atoms with van der Waals surface area (Å²) in [5, 5.41) is 1.27. The number of halogens is 1. The normalized spacial score (nSPS) is 9.75. The van der Waals surface area contributed by atoms with Crippen molar-refractivity contribution in [1.29, 1.82) is 0 Å². The second-order valence-corrected chi connectivity index (χ2v) is 4.15. The molecule has 1 aromatic carbocycles. The summed E-state index contributed by atoms with van der Waals surface area (Å²) >= 11 is 1.36. The van der Waals surface area contributed by atoms with E-state index in [1.807, 2.05) is 0 Å². The molecular formula is C10H13BrZn. The zero-order chi connectivity index (χ0) is 8.27. The average molecular weight is 279 g/mol. The molecule has 0 saturated heterocycles. The maximum absolute atomic E-state index is 2.26. The third kappa shape index (κ3) is 2.99. The predicted molar refractivity (Wildman–Crippen MR) is 44.2 cm³/mol. The molecule has 0 N–H and O–H groups in total. The van der Waals surface area contributed by atoms with Crippen molar-refractivity contribution in [3.63, 3.8) is 0 Å². The molecule has 62 valence electrons. The molecule has 0 atom stereocenters. The van der Waals surface area contributed by atoms with Gasteiger partial charge in [0.1, 0.15) is 0 Å². The van der Waals surface area contributed by atoms with Gasteiger partial charge in [-0.1, -0.05) is 0 Å². The summed E-state index contributed by atoms with van der Waals surface area (Å²) in [7, 11) is 0. The molecule has 0 aromatic heterocycles. The fraction of sp³-hybridized carbons (Fsp3) is 0.400. The first-order chi connectivity index (χ1) is 5.25. The van der Waals surface area contributed by atoms with Gasteiger partial charge in [0.2, 0.25) is 0 Å².